The highest BCUT2D eigenvalue weighted by atomic mass is 16.5. The summed E-state index contributed by atoms with van der Waals surface area (Å²) in [7, 11) is 0. The first-order valence-corrected chi connectivity index (χ1v) is 6.31. The van der Waals surface area contributed by atoms with E-state index in [0.29, 0.717) is 18.8 Å². The van der Waals surface area contributed by atoms with Crippen LogP contribution in [0.2, 0.25) is 0 Å². The number of hydrogen-bond donors (Lipinski definition) is 1. The van der Waals surface area contributed by atoms with Crippen LogP contribution in [0.5, 0.6) is 5.75 Å². The Morgan fingerprint density at radius 2 is 2.00 bits per heavy atom. The highest BCUT2D eigenvalue weighted by Gasteiger charge is 2.12. The molecule has 4 nitrogen and oxygen atoms in total. The van der Waals surface area contributed by atoms with E-state index in [1.165, 1.54) is 0 Å². The molecule has 0 fully saturated rings. The zero-order chi connectivity index (χ0) is 14.3. The van der Waals surface area contributed by atoms with Crippen LogP contribution in [0.3, 0.4) is 0 Å². The third-order valence-corrected chi connectivity index (χ3v) is 2.66. The number of benzene rings is 1. The van der Waals surface area contributed by atoms with E-state index in [2.05, 4.69) is 6.58 Å². The van der Waals surface area contributed by atoms with Crippen LogP contribution in [-0.4, -0.2) is 35.6 Å². The molecular formula is C15H21NO3. The van der Waals surface area contributed by atoms with Gasteiger partial charge in [0, 0.05) is 13.1 Å². The van der Waals surface area contributed by atoms with Crippen molar-refractivity contribution in [2.75, 3.05) is 19.7 Å². The number of amides is 1. The van der Waals surface area contributed by atoms with E-state index in [1.807, 2.05) is 13.8 Å². The van der Waals surface area contributed by atoms with Crippen molar-refractivity contribution in [2.24, 2.45) is 0 Å². The lowest BCUT2D eigenvalue weighted by molar-refractivity contribution is -0.132. The van der Waals surface area contributed by atoms with Gasteiger partial charge in [-0.15, -0.1) is 0 Å². The van der Waals surface area contributed by atoms with Gasteiger partial charge in [-0.05, 0) is 31.5 Å². The average molecular weight is 263 g/mol. The molecule has 0 spiro atoms. The number of ether oxygens (including phenoxy) is 1. The second-order valence-electron chi connectivity index (χ2n) is 4.46. The minimum atomic E-state index is -0.0586. The molecule has 104 valence electrons. The first-order valence-electron chi connectivity index (χ1n) is 6.31. The SMILES string of the molecule is C=C(C)CN(CC)C(=O)COc1ccc(CO)cc1. The molecular weight excluding hydrogens is 242 g/mol. The molecule has 4 heteroatoms. The number of aliphatic hydroxyl groups is 1. The van der Waals surface area contributed by atoms with E-state index >= 15 is 0 Å². The molecule has 0 unspecified atom stereocenters. The molecule has 0 heterocycles. The summed E-state index contributed by atoms with van der Waals surface area (Å²) in [6.45, 7) is 8.84. The third kappa shape index (κ3) is 5.14. The number of aliphatic hydroxyl groups excluding tert-OH is 1. The minimum absolute atomic E-state index is 0.00142. The summed E-state index contributed by atoms with van der Waals surface area (Å²) in [5.74, 6) is 0.564. The molecule has 1 aromatic rings. The fraction of sp³-hybridized carbons (Fsp3) is 0.400. The monoisotopic (exact) mass is 263 g/mol. The van der Waals surface area contributed by atoms with Crippen LogP contribution >= 0.6 is 0 Å². The van der Waals surface area contributed by atoms with Crippen LogP contribution < -0.4 is 4.74 Å². The van der Waals surface area contributed by atoms with E-state index in [1.54, 1.807) is 29.2 Å². The maximum absolute atomic E-state index is 11.9. The van der Waals surface area contributed by atoms with Crippen molar-refractivity contribution < 1.29 is 14.6 Å². The lowest BCUT2D eigenvalue weighted by Crippen LogP contribution is -2.35. The first kappa shape index (κ1) is 15.2. The van der Waals surface area contributed by atoms with E-state index in [0.717, 1.165) is 11.1 Å². The van der Waals surface area contributed by atoms with Gasteiger partial charge in [-0.1, -0.05) is 24.3 Å². The van der Waals surface area contributed by atoms with Crippen molar-refractivity contribution in [3.05, 3.63) is 42.0 Å². The molecule has 0 saturated carbocycles. The molecule has 1 aromatic carbocycles. The van der Waals surface area contributed by atoms with Crippen molar-refractivity contribution in [2.45, 2.75) is 20.5 Å². The van der Waals surface area contributed by atoms with Crippen LogP contribution in [0.1, 0.15) is 19.4 Å². The van der Waals surface area contributed by atoms with Gasteiger partial charge in [0.15, 0.2) is 6.61 Å². The molecule has 0 aliphatic rings. The third-order valence-electron chi connectivity index (χ3n) is 2.66. The number of rotatable bonds is 7. The molecule has 0 aliphatic heterocycles. The maximum Gasteiger partial charge on any atom is 0.260 e. The summed E-state index contributed by atoms with van der Waals surface area (Å²) in [6, 6.07) is 7.03. The zero-order valence-corrected chi connectivity index (χ0v) is 11.6. The van der Waals surface area contributed by atoms with E-state index in [4.69, 9.17) is 9.84 Å². The smallest absolute Gasteiger partial charge is 0.260 e. The number of carbonyl (C=O) groups excluding carboxylic acids is 1. The van der Waals surface area contributed by atoms with Crippen LogP contribution in [0.15, 0.2) is 36.4 Å². The predicted octanol–water partition coefficient (Wildman–Crippen LogP) is 1.98. The normalized spacial score (nSPS) is 10.1. The van der Waals surface area contributed by atoms with Gasteiger partial charge in [-0.3, -0.25) is 4.79 Å². The summed E-state index contributed by atoms with van der Waals surface area (Å²) in [4.78, 5) is 13.6. The van der Waals surface area contributed by atoms with Gasteiger partial charge in [-0.25, -0.2) is 0 Å². The lowest BCUT2D eigenvalue weighted by atomic mass is 10.2. The van der Waals surface area contributed by atoms with Crippen molar-refractivity contribution in [1.82, 2.24) is 4.90 Å². The largest absolute Gasteiger partial charge is 0.484 e. The lowest BCUT2D eigenvalue weighted by Gasteiger charge is -2.21. The second-order valence-corrected chi connectivity index (χ2v) is 4.46. The predicted molar refractivity (Wildman–Crippen MR) is 74.9 cm³/mol. The summed E-state index contributed by atoms with van der Waals surface area (Å²) in [6.07, 6.45) is 0. The molecule has 1 rings (SSSR count). The van der Waals surface area contributed by atoms with Gasteiger partial charge < -0.3 is 14.7 Å². The Morgan fingerprint density at radius 3 is 2.47 bits per heavy atom. The number of hydrogen-bond acceptors (Lipinski definition) is 3. The Hall–Kier alpha value is -1.81. The van der Waals surface area contributed by atoms with E-state index < -0.39 is 0 Å². The fourth-order valence-corrected chi connectivity index (χ4v) is 1.63. The summed E-state index contributed by atoms with van der Waals surface area (Å²) in [5, 5.41) is 8.93. The summed E-state index contributed by atoms with van der Waals surface area (Å²) < 4.78 is 5.43. The molecule has 0 aromatic heterocycles. The van der Waals surface area contributed by atoms with Crippen LogP contribution in [0.25, 0.3) is 0 Å². The van der Waals surface area contributed by atoms with E-state index in [-0.39, 0.29) is 19.1 Å². The van der Waals surface area contributed by atoms with Crippen molar-refractivity contribution in [1.29, 1.82) is 0 Å². The Bertz CT molecular complexity index is 426. The highest BCUT2D eigenvalue weighted by Crippen LogP contribution is 2.12. The molecule has 19 heavy (non-hydrogen) atoms. The number of nitrogens with zero attached hydrogens (tertiary/aromatic N) is 1. The van der Waals surface area contributed by atoms with Gasteiger partial charge in [0.2, 0.25) is 0 Å². The molecule has 0 saturated heterocycles. The zero-order valence-electron chi connectivity index (χ0n) is 11.6. The van der Waals surface area contributed by atoms with Crippen molar-refractivity contribution in [3.8, 4) is 5.75 Å². The summed E-state index contributed by atoms with van der Waals surface area (Å²) >= 11 is 0. The molecule has 0 bridgehead atoms. The second kappa shape index (κ2) is 7.59. The molecule has 0 atom stereocenters. The van der Waals surface area contributed by atoms with Gasteiger partial charge in [0.25, 0.3) is 5.91 Å². The number of carbonyl (C=O) groups is 1. The number of likely N-dealkylation sites (N-methyl/N-ethyl adjacent to an activating group) is 1. The van der Waals surface area contributed by atoms with Crippen molar-refractivity contribution >= 4 is 5.91 Å². The van der Waals surface area contributed by atoms with Gasteiger partial charge in [-0.2, -0.15) is 0 Å². The highest BCUT2D eigenvalue weighted by molar-refractivity contribution is 5.78. The van der Waals surface area contributed by atoms with Gasteiger partial charge in [0.05, 0.1) is 6.61 Å². The Kier molecular flexibility index (Phi) is 6.09. The average Bonchev–Trinajstić information content (AvgIpc) is 2.42. The quantitative estimate of drug-likeness (QED) is 0.765. The molecule has 0 aliphatic carbocycles. The Morgan fingerprint density at radius 1 is 1.37 bits per heavy atom. The van der Waals surface area contributed by atoms with Gasteiger partial charge in [0.1, 0.15) is 5.75 Å². The van der Waals surface area contributed by atoms with Crippen molar-refractivity contribution in [3.63, 3.8) is 0 Å². The van der Waals surface area contributed by atoms with Crippen LogP contribution in [0.4, 0.5) is 0 Å². The first-order chi connectivity index (χ1) is 9.06. The Balaban J connectivity index is 2.49. The molecule has 1 N–H and O–H groups in total. The summed E-state index contributed by atoms with van der Waals surface area (Å²) in [5.41, 5.74) is 1.76. The molecule has 1 amide bonds. The Labute approximate surface area is 114 Å². The topological polar surface area (TPSA) is 49.8 Å². The standard InChI is InChI=1S/C15H21NO3/c1-4-16(9-12(2)3)15(18)11-19-14-7-5-13(10-17)6-8-14/h5-8,17H,2,4,9-11H2,1,3H3. The van der Waals surface area contributed by atoms with Crippen LogP contribution in [0, 0.1) is 0 Å². The molecule has 0 radical (unpaired) electrons. The fourth-order valence-electron chi connectivity index (χ4n) is 1.63. The minimum Gasteiger partial charge on any atom is -0.484 e. The van der Waals surface area contributed by atoms with Crippen LogP contribution in [-0.2, 0) is 11.4 Å². The van der Waals surface area contributed by atoms with E-state index in [9.17, 15) is 4.79 Å². The maximum atomic E-state index is 11.9. The van der Waals surface area contributed by atoms with Gasteiger partial charge >= 0.3 is 0 Å².